The van der Waals surface area contributed by atoms with E-state index >= 15 is 0 Å². The van der Waals surface area contributed by atoms with E-state index in [1.54, 1.807) is 0 Å². The van der Waals surface area contributed by atoms with E-state index in [0.717, 1.165) is 33.5 Å². The molecule has 5 nitrogen and oxygen atoms in total. The number of nitrogens with one attached hydrogen (secondary N) is 1. The number of carbonyl (C=O) groups is 1. The van der Waals surface area contributed by atoms with Crippen LogP contribution in [-0.4, -0.2) is 31.7 Å². The van der Waals surface area contributed by atoms with E-state index in [4.69, 9.17) is 0 Å². The topological polar surface area (TPSA) is 66.5 Å². The van der Waals surface area contributed by atoms with Gasteiger partial charge in [-0.25, -0.2) is 8.42 Å². The minimum absolute atomic E-state index is 0.115. The fourth-order valence-corrected chi connectivity index (χ4v) is 6.12. The second-order valence-corrected chi connectivity index (χ2v) is 10.1. The molecule has 29 heavy (non-hydrogen) atoms. The normalized spacial score (nSPS) is 17.9. The molecule has 2 aromatic rings. The number of aryl methyl sites for hydroxylation is 5. The van der Waals surface area contributed by atoms with Crippen LogP contribution in [0.5, 0.6) is 0 Å². The third kappa shape index (κ3) is 4.54. The number of benzene rings is 2. The second kappa shape index (κ2) is 8.28. The summed E-state index contributed by atoms with van der Waals surface area (Å²) in [6.07, 6.45) is 1.36. The van der Waals surface area contributed by atoms with E-state index in [1.165, 1.54) is 4.31 Å². The maximum atomic E-state index is 13.4. The first-order valence-electron chi connectivity index (χ1n) is 10.1. The lowest BCUT2D eigenvalue weighted by molar-refractivity contribution is -0.120. The molecule has 1 atom stereocenters. The Morgan fingerprint density at radius 2 is 1.62 bits per heavy atom. The first-order chi connectivity index (χ1) is 13.6. The van der Waals surface area contributed by atoms with Crippen molar-refractivity contribution in [1.82, 2.24) is 4.31 Å². The summed E-state index contributed by atoms with van der Waals surface area (Å²) in [6, 6.07) is 9.73. The van der Waals surface area contributed by atoms with Crippen LogP contribution < -0.4 is 5.32 Å². The van der Waals surface area contributed by atoms with Crippen LogP contribution in [0.4, 0.5) is 5.69 Å². The van der Waals surface area contributed by atoms with Crippen LogP contribution in [0, 0.1) is 40.5 Å². The molecular weight excluding hydrogens is 384 g/mol. The highest BCUT2D eigenvalue weighted by molar-refractivity contribution is 7.89. The maximum Gasteiger partial charge on any atom is 0.243 e. The van der Waals surface area contributed by atoms with Crippen molar-refractivity contribution in [3.05, 3.63) is 58.1 Å². The minimum Gasteiger partial charge on any atom is -0.326 e. The van der Waals surface area contributed by atoms with Crippen LogP contribution in [0.1, 0.15) is 40.7 Å². The number of rotatable bonds is 4. The van der Waals surface area contributed by atoms with Gasteiger partial charge >= 0.3 is 0 Å². The van der Waals surface area contributed by atoms with E-state index in [2.05, 4.69) is 5.32 Å². The van der Waals surface area contributed by atoms with Gasteiger partial charge in [-0.15, -0.1) is 0 Å². The average Bonchev–Trinajstić information content (AvgIpc) is 2.63. The number of hydrogen-bond donors (Lipinski definition) is 1. The molecule has 0 saturated carbocycles. The average molecular weight is 415 g/mol. The van der Waals surface area contributed by atoms with E-state index in [9.17, 15) is 13.2 Å². The van der Waals surface area contributed by atoms with E-state index < -0.39 is 10.0 Å². The Labute approximate surface area is 174 Å². The fourth-order valence-electron chi connectivity index (χ4n) is 4.18. The van der Waals surface area contributed by atoms with Gasteiger partial charge in [0.1, 0.15) is 0 Å². The lowest BCUT2D eigenvalue weighted by Gasteiger charge is -2.32. The van der Waals surface area contributed by atoms with Crippen LogP contribution in [0.25, 0.3) is 0 Å². The monoisotopic (exact) mass is 414 g/mol. The summed E-state index contributed by atoms with van der Waals surface area (Å²) in [6.45, 7) is 10.2. The third-order valence-electron chi connectivity index (χ3n) is 5.61. The van der Waals surface area contributed by atoms with Crippen molar-refractivity contribution in [2.75, 3.05) is 18.4 Å². The molecule has 0 aromatic heterocycles. The first-order valence-corrected chi connectivity index (χ1v) is 11.5. The highest BCUT2D eigenvalue weighted by Crippen LogP contribution is 2.29. The second-order valence-electron chi connectivity index (χ2n) is 8.24. The summed E-state index contributed by atoms with van der Waals surface area (Å²) >= 11 is 0. The van der Waals surface area contributed by atoms with Crippen LogP contribution in [-0.2, 0) is 14.8 Å². The summed E-state index contributed by atoms with van der Waals surface area (Å²) in [5.74, 6) is -0.472. The van der Waals surface area contributed by atoms with Gasteiger partial charge in [0.05, 0.1) is 10.8 Å². The lowest BCUT2D eigenvalue weighted by Crippen LogP contribution is -2.44. The molecule has 1 fully saturated rings. The van der Waals surface area contributed by atoms with Gasteiger partial charge in [0.15, 0.2) is 0 Å². The molecular formula is C23H30N2O3S. The Morgan fingerprint density at radius 1 is 0.966 bits per heavy atom. The fraction of sp³-hybridized carbons (Fsp3) is 0.435. The number of piperidine rings is 1. The number of nitrogens with zero attached hydrogens (tertiary/aromatic N) is 1. The van der Waals surface area contributed by atoms with Crippen molar-refractivity contribution in [2.24, 2.45) is 5.92 Å². The highest BCUT2D eigenvalue weighted by atomic mass is 32.2. The molecule has 1 amide bonds. The Bertz CT molecular complexity index is 1020. The molecule has 156 valence electrons. The number of hydrogen-bond acceptors (Lipinski definition) is 3. The van der Waals surface area contributed by atoms with Gasteiger partial charge in [-0.05, 0) is 75.8 Å². The van der Waals surface area contributed by atoms with E-state index in [-0.39, 0.29) is 18.4 Å². The number of amides is 1. The number of carbonyl (C=O) groups excluding carboxylic acids is 1. The molecule has 1 N–H and O–H groups in total. The molecule has 0 radical (unpaired) electrons. The number of sulfonamides is 1. The van der Waals surface area contributed by atoms with Gasteiger partial charge in [-0.2, -0.15) is 4.31 Å². The lowest BCUT2D eigenvalue weighted by atomic mass is 9.98. The molecule has 1 aliphatic rings. The maximum absolute atomic E-state index is 13.4. The molecule has 1 heterocycles. The Balaban J connectivity index is 1.81. The molecule has 1 saturated heterocycles. The SMILES string of the molecule is Cc1cc(C)c(S(=O)(=O)N2CCC[C@H](C(=O)Nc3cc(C)ccc3C)C2)c(C)c1. The van der Waals surface area contributed by atoms with Gasteiger partial charge in [-0.3, -0.25) is 4.79 Å². The summed E-state index contributed by atoms with van der Waals surface area (Å²) in [4.78, 5) is 13.3. The zero-order chi connectivity index (χ0) is 21.3. The van der Waals surface area contributed by atoms with Gasteiger partial charge in [0.25, 0.3) is 0 Å². The van der Waals surface area contributed by atoms with Crippen LogP contribution >= 0.6 is 0 Å². The molecule has 0 spiro atoms. The van der Waals surface area contributed by atoms with Crippen molar-refractivity contribution < 1.29 is 13.2 Å². The zero-order valence-corrected chi connectivity index (χ0v) is 18.7. The van der Waals surface area contributed by atoms with Crippen LogP contribution in [0.2, 0.25) is 0 Å². The molecule has 3 rings (SSSR count). The third-order valence-corrected chi connectivity index (χ3v) is 7.78. The largest absolute Gasteiger partial charge is 0.326 e. The molecule has 0 bridgehead atoms. The summed E-state index contributed by atoms with van der Waals surface area (Å²) in [5.41, 5.74) is 5.41. The smallest absolute Gasteiger partial charge is 0.243 e. The predicted molar refractivity (Wildman–Crippen MR) is 117 cm³/mol. The summed E-state index contributed by atoms with van der Waals surface area (Å²) in [7, 11) is -3.64. The molecule has 1 aliphatic heterocycles. The van der Waals surface area contributed by atoms with Crippen molar-refractivity contribution in [3.8, 4) is 0 Å². The van der Waals surface area contributed by atoms with Crippen molar-refractivity contribution in [3.63, 3.8) is 0 Å². The van der Waals surface area contributed by atoms with E-state index in [0.29, 0.717) is 24.3 Å². The highest BCUT2D eigenvalue weighted by Gasteiger charge is 2.35. The summed E-state index contributed by atoms with van der Waals surface area (Å²) < 4.78 is 28.2. The molecule has 0 unspecified atom stereocenters. The van der Waals surface area contributed by atoms with Crippen LogP contribution in [0.3, 0.4) is 0 Å². The Kier molecular flexibility index (Phi) is 6.15. The van der Waals surface area contributed by atoms with Gasteiger partial charge in [0, 0.05) is 18.8 Å². The number of anilines is 1. The van der Waals surface area contributed by atoms with Gasteiger partial charge in [0.2, 0.25) is 15.9 Å². The Morgan fingerprint density at radius 3 is 2.28 bits per heavy atom. The minimum atomic E-state index is -3.64. The molecule has 2 aromatic carbocycles. The standard InChI is InChI=1S/C23H30N2O3S/c1-15-8-9-17(3)21(13-15)24-23(26)20-7-6-10-25(14-20)29(27,28)22-18(4)11-16(2)12-19(22)5/h8-9,11-13,20H,6-7,10,14H2,1-5H3,(H,24,26)/t20-/m0/s1. The molecule has 6 heteroatoms. The Hall–Kier alpha value is -2.18. The molecule has 0 aliphatic carbocycles. The quantitative estimate of drug-likeness (QED) is 0.812. The van der Waals surface area contributed by atoms with Crippen molar-refractivity contribution >= 4 is 21.6 Å². The predicted octanol–water partition coefficient (Wildman–Crippen LogP) is 4.27. The first kappa shape index (κ1) is 21.5. The van der Waals surface area contributed by atoms with Gasteiger partial charge < -0.3 is 5.32 Å². The zero-order valence-electron chi connectivity index (χ0n) is 17.9. The van der Waals surface area contributed by atoms with Crippen molar-refractivity contribution in [1.29, 1.82) is 0 Å². The van der Waals surface area contributed by atoms with E-state index in [1.807, 2.05) is 65.0 Å². The summed E-state index contributed by atoms with van der Waals surface area (Å²) in [5, 5.41) is 3.00. The van der Waals surface area contributed by atoms with Crippen molar-refractivity contribution in [2.45, 2.75) is 52.4 Å². The van der Waals surface area contributed by atoms with Crippen LogP contribution in [0.15, 0.2) is 35.2 Å². The van der Waals surface area contributed by atoms with Gasteiger partial charge in [-0.1, -0.05) is 29.8 Å².